The second-order valence-corrected chi connectivity index (χ2v) is 12.0. The van der Waals surface area contributed by atoms with E-state index in [1.165, 1.54) is 4.68 Å². The van der Waals surface area contributed by atoms with Gasteiger partial charge in [0.05, 0.1) is 21.6 Å². The van der Waals surface area contributed by atoms with Crippen LogP contribution in [0.15, 0.2) is 126 Å². The lowest BCUT2D eigenvalue weighted by Crippen LogP contribution is -2.20. The Morgan fingerprint density at radius 3 is 2.56 bits per heavy atom. The van der Waals surface area contributed by atoms with Crippen LogP contribution >= 0.6 is 43.5 Å². The van der Waals surface area contributed by atoms with Crippen LogP contribution in [0, 0.1) is 0 Å². The zero-order valence-electron chi connectivity index (χ0n) is 22.3. The van der Waals surface area contributed by atoms with Gasteiger partial charge in [0.1, 0.15) is 17.9 Å². The topological polar surface area (TPSA) is 69.6 Å². The van der Waals surface area contributed by atoms with Gasteiger partial charge in [-0.25, -0.2) is 4.98 Å². The van der Waals surface area contributed by atoms with Crippen molar-refractivity contribution in [3.8, 4) is 17.3 Å². The first-order valence-corrected chi connectivity index (χ1v) is 15.2. The average Bonchev–Trinajstić information content (AvgIpc) is 3.43. The highest BCUT2D eigenvalue weighted by Crippen LogP contribution is 2.34. The molecule has 0 atom stereocenters. The maximum atomic E-state index is 13.8. The Labute approximate surface area is 267 Å². The van der Waals surface area contributed by atoms with Gasteiger partial charge in [-0.1, -0.05) is 82.1 Å². The van der Waals surface area contributed by atoms with E-state index in [2.05, 4.69) is 55.2 Å². The molecule has 0 N–H and O–H groups in total. The van der Waals surface area contributed by atoms with Crippen LogP contribution in [0.3, 0.4) is 0 Å². The van der Waals surface area contributed by atoms with Gasteiger partial charge in [0.25, 0.3) is 5.56 Å². The molecule has 0 saturated heterocycles. The highest BCUT2D eigenvalue weighted by atomic mass is 79.9. The number of hydrogen-bond acceptors (Lipinski definition) is 5. The first-order chi connectivity index (χ1) is 20.9. The molecule has 0 radical (unpaired) electrons. The maximum absolute atomic E-state index is 13.8. The number of furan rings is 1. The van der Waals surface area contributed by atoms with Crippen molar-refractivity contribution in [1.82, 2.24) is 9.66 Å². The van der Waals surface area contributed by atoms with E-state index in [1.807, 2.05) is 54.6 Å². The van der Waals surface area contributed by atoms with Crippen molar-refractivity contribution in [2.75, 3.05) is 0 Å². The summed E-state index contributed by atoms with van der Waals surface area (Å²) >= 11 is 13.5. The molecule has 0 saturated carbocycles. The minimum atomic E-state index is -0.335. The fourth-order valence-corrected chi connectivity index (χ4v) is 6.36. The number of hydrogen-bond donors (Lipinski definition) is 0. The predicted octanol–water partition coefficient (Wildman–Crippen LogP) is 9.60. The largest absolute Gasteiger partial charge is 0.487 e. The van der Waals surface area contributed by atoms with Crippen LogP contribution in [0.1, 0.15) is 11.1 Å². The lowest BCUT2D eigenvalue weighted by atomic mass is 10.1. The molecule has 0 fully saturated rings. The number of aromatic nitrogens is 2. The third-order valence-electron chi connectivity index (χ3n) is 7.05. The number of para-hydroxylation sites is 1. The molecule has 0 aliphatic carbocycles. The van der Waals surface area contributed by atoms with Crippen molar-refractivity contribution in [3.63, 3.8) is 0 Å². The molecule has 0 spiro atoms. The molecule has 5 aromatic carbocycles. The van der Waals surface area contributed by atoms with Gasteiger partial charge >= 0.3 is 0 Å². The van der Waals surface area contributed by atoms with Gasteiger partial charge in [-0.3, -0.25) is 4.79 Å². The maximum Gasteiger partial charge on any atom is 0.282 e. The van der Waals surface area contributed by atoms with Gasteiger partial charge < -0.3 is 9.15 Å². The summed E-state index contributed by atoms with van der Waals surface area (Å²) in [4.78, 5) is 18.5. The van der Waals surface area contributed by atoms with Gasteiger partial charge in [-0.05, 0) is 80.8 Å². The lowest BCUT2D eigenvalue weighted by Gasteiger charge is -2.14. The smallest absolute Gasteiger partial charge is 0.282 e. The van der Waals surface area contributed by atoms with Crippen LogP contribution in [0.4, 0.5) is 0 Å². The Bertz CT molecular complexity index is 2270. The van der Waals surface area contributed by atoms with E-state index in [9.17, 15) is 4.79 Å². The number of ether oxygens (including phenoxy) is 1. The Balaban J connectivity index is 1.33. The normalized spacial score (nSPS) is 11.7. The van der Waals surface area contributed by atoms with Crippen LogP contribution in [-0.4, -0.2) is 15.9 Å². The second-order valence-electron chi connectivity index (χ2n) is 9.84. The minimum Gasteiger partial charge on any atom is -0.487 e. The number of nitrogens with zero attached hydrogens (tertiary/aromatic N) is 3. The lowest BCUT2D eigenvalue weighted by molar-refractivity contribution is 0.305. The number of rotatable bonds is 6. The van der Waals surface area contributed by atoms with Crippen LogP contribution < -0.4 is 10.3 Å². The van der Waals surface area contributed by atoms with Gasteiger partial charge in [-0.2, -0.15) is 9.78 Å². The van der Waals surface area contributed by atoms with Crippen molar-refractivity contribution in [3.05, 3.63) is 139 Å². The summed E-state index contributed by atoms with van der Waals surface area (Å²) in [5.74, 6) is 1.22. The Hall–Kier alpha value is -4.24. The summed E-state index contributed by atoms with van der Waals surface area (Å²) in [6, 6.07) is 32.5. The summed E-state index contributed by atoms with van der Waals surface area (Å²) in [6.45, 7) is 0.319. The van der Waals surface area contributed by atoms with E-state index < -0.39 is 0 Å². The first kappa shape index (κ1) is 27.6. The van der Waals surface area contributed by atoms with Crippen molar-refractivity contribution in [2.45, 2.75) is 6.61 Å². The molecule has 210 valence electrons. The molecule has 6 nitrogen and oxygen atoms in total. The molecule has 43 heavy (non-hydrogen) atoms. The van der Waals surface area contributed by atoms with Crippen molar-refractivity contribution < 1.29 is 9.15 Å². The molecule has 2 heterocycles. The Morgan fingerprint density at radius 1 is 0.884 bits per heavy atom. The SMILES string of the molecule is O=c1c2ccccc2nc(-c2cc3cc(Br)ccc3o2)n1N=Cc1cc(Cl)cc(Br)c1OCc1cccc2ccccc12. The second kappa shape index (κ2) is 11.4. The summed E-state index contributed by atoms with van der Waals surface area (Å²) in [7, 11) is 0. The zero-order chi connectivity index (χ0) is 29.5. The molecule has 9 heteroatoms. The zero-order valence-corrected chi connectivity index (χ0v) is 26.2. The summed E-state index contributed by atoms with van der Waals surface area (Å²) in [5, 5.41) is 8.65. The third kappa shape index (κ3) is 5.38. The van der Waals surface area contributed by atoms with Crippen LogP contribution in [-0.2, 0) is 6.61 Å². The van der Waals surface area contributed by atoms with E-state index >= 15 is 0 Å². The Kier molecular flexibility index (Phi) is 7.34. The molecule has 0 aliphatic rings. The van der Waals surface area contributed by atoms with Gasteiger partial charge in [0, 0.05) is 20.4 Å². The predicted molar refractivity (Wildman–Crippen MR) is 179 cm³/mol. The molecule has 0 aliphatic heterocycles. The van der Waals surface area contributed by atoms with Crippen LogP contribution in [0.5, 0.6) is 5.75 Å². The molecule has 0 bridgehead atoms. The fraction of sp³-hybridized carbons (Fsp3) is 0.0294. The standard InChI is InChI=1S/C34H20Br2ClN3O3/c35-24-12-13-30-22(14-24)16-31(43-30)33-39-29-11-4-3-10-27(29)34(41)40(33)38-18-23-15-25(37)17-28(36)32(23)42-19-21-8-5-7-20-6-1-2-9-26(20)21/h1-18H,19H2. The monoisotopic (exact) mass is 711 g/mol. The van der Waals surface area contributed by atoms with E-state index in [-0.39, 0.29) is 11.4 Å². The van der Waals surface area contributed by atoms with Gasteiger partial charge in [-0.15, -0.1) is 0 Å². The summed E-state index contributed by atoms with van der Waals surface area (Å²) in [5.41, 5.74) is 2.49. The quantitative estimate of drug-likeness (QED) is 0.161. The third-order valence-corrected chi connectivity index (χ3v) is 8.35. The van der Waals surface area contributed by atoms with Crippen molar-refractivity contribution >= 4 is 82.3 Å². The van der Waals surface area contributed by atoms with E-state index in [1.54, 1.807) is 36.5 Å². The molecule has 7 aromatic rings. The van der Waals surface area contributed by atoms with Crippen LogP contribution in [0.2, 0.25) is 5.02 Å². The fourth-order valence-electron chi connectivity index (χ4n) is 5.03. The molecule has 0 unspecified atom stereocenters. The van der Waals surface area contributed by atoms with E-state index in [4.69, 9.17) is 25.7 Å². The molecular weight excluding hydrogens is 694 g/mol. The van der Waals surface area contributed by atoms with Gasteiger partial charge in [0.15, 0.2) is 5.76 Å². The highest BCUT2D eigenvalue weighted by molar-refractivity contribution is 9.10. The summed E-state index contributed by atoms with van der Waals surface area (Å²) in [6.07, 6.45) is 1.55. The number of halogens is 3. The molecule has 0 amide bonds. The van der Waals surface area contributed by atoms with E-state index in [0.717, 1.165) is 26.2 Å². The van der Waals surface area contributed by atoms with Crippen molar-refractivity contribution in [2.24, 2.45) is 5.10 Å². The van der Waals surface area contributed by atoms with Gasteiger partial charge in [0.2, 0.25) is 5.82 Å². The van der Waals surface area contributed by atoms with Crippen LogP contribution in [0.25, 0.3) is 44.2 Å². The van der Waals surface area contributed by atoms with E-state index in [0.29, 0.717) is 49.7 Å². The molecular formula is C34H20Br2ClN3O3. The number of benzene rings is 5. The highest BCUT2D eigenvalue weighted by Gasteiger charge is 2.17. The average molecular weight is 714 g/mol. The first-order valence-electron chi connectivity index (χ1n) is 13.3. The van der Waals surface area contributed by atoms with Crippen molar-refractivity contribution in [1.29, 1.82) is 0 Å². The summed E-state index contributed by atoms with van der Waals surface area (Å²) < 4.78 is 15.3. The number of fused-ring (bicyclic) bond motifs is 3. The molecule has 7 rings (SSSR count). The minimum absolute atomic E-state index is 0.270. The molecule has 2 aromatic heterocycles. The Morgan fingerprint density at radius 2 is 1.67 bits per heavy atom.